The number of carbonyl (C=O) groups is 1. The van der Waals surface area contributed by atoms with Gasteiger partial charge in [0.2, 0.25) is 6.79 Å². The van der Waals surface area contributed by atoms with E-state index in [9.17, 15) is 9.90 Å². The van der Waals surface area contributed by atoms with E-state index >= 15 is 0 Å². The Labute approximate surface area is 98.9 Å². The highest BCUT2D eigenvalue weighted by Crippen LogP contribution is 2.35. The molecule has 0 saturated carbocycles. The topological polar surface area (TPSA) is 65.0 Å². The molecule has 5 heteroatoms. The summed E-state index contributed by atoms with van der Waals surface area (Å²) in [5.74, 6) is 0.154. The molecule has 0 amide bonds. The lowest BCUT2D eigenvalue weighted by atomic mass is 9.97. The van der Waals surface area contributed by atoms with E-state index in [0.29, 0.717) is 17.1 Å². The van der Waals surface area contributed by atoms with Crippen molar-refractivity contribution in [3.05, 3.63) is 23.8 Å². The molecule has 0 saturated heterocycles. The van der Waals surface area contributed by atoms with Gasteiger partial charge < -0.3 is 19.3 Å². The number of benzene rings is 1. The van der Waals surface area contributed by atoms with Crippen LogP contribution in [0.15, 0.2) is 18.2 Å². The fourth-order valence-electron chi connectivity index (χ4n) is 1.70. The molecular weight excluding hydrogens is 224 g/mol. The molecule has 0 aliphatic carbocycles. The van der Waals surface area contributed by atoms with Gasteiger partial charge in [-0.05, 0) is 24.6 Å². The van der Waals surface area contributed by atoms with Crippen LogP contribution in [0.1, 0.15) is 18.6 Å². The summed E-state index contributed by atoms with van der Waals surface area (Å²) in [5, 5.41) is 10.0. The van der Waals surface area contributed by atoms with E-state index in [1.807, 2.05) is 0 Å². The van der Waals surface area contributed by atoms with Crippen LogP contribution in [0.2, 0.25) is 0 Å². The third-order valence-electron chi connectivity index (χ3n) is 2.78. The van der Waals surface area contributed by atoms with Crippen molar-refractivity contribution in [3.63, 3.8) is 0 Å². The second-order valence-electron chi connectivity index (χ2n) is 3.87. The van der Waals surface area contributed by atoms with Gasteiger partial charge >= 0.3 is 5.97 Å². The van der Waals surface area contributed by atoms with Crippen molar-refractivity contribution in [2.24, 2.45) is 5.92 Å². The number of aliphatic hydroxyl groups excluding tert-OH is 1. The van der Waals surface area contributed by atoms with Crippen LogP contribution in [0.25, 0.3) is 0 Å². The van der Waals surface area contributed by atoms with Crippen LogP contribution < -0.4 is 9.47 Å². The van der Waals surface area contributed by atoms with Crippen LogP contribution >= 0.6 is 0 Å². The molecule has 1 N–H and O–H groups in total. The number of aliphatic hydroxyl groups is 1. The summed E-state index contributed by atoms with van der Waals surface area (Å²) in [6.45, 7) is 1.79. The molecule has 0 bridgehead atoms. The Balaban J connectivity index is 2.19. The van der Waals surface area contributed by atoms with Crippen molar-refractivity contribution in [2.75, 3.05) is 13.9 Å². The number of rotatable bonds is 3. The summed E-state index contributed by atoms with van der Waals surface area (Å²) in [6, 6.07) is 5.09. The lowest BCUT2D eigenvalue weighted by Crippen LogP contribution is -2.20. The Morgan fingerprint density at radius 1 is 1.41 bits per heavy atom. The predicted octanol–water partition coefficient (Wildman–Crippen LogP) is 1.26. The van der Waals surface area contributed by atoms with E-state index in [2.05, 4.69) is 4.74 Å². The lowest BCUT2D eigenvalue weighted by molar-refractivity contribution is -0.148. The van der Waals surface area contributed by atoms with Gasteiger partial charge in [-0.15, -0.1) is 0 Å². The van der Waals surface area contributed by atoms with E-state index < -0.39 is 18.0 Å². The monoisotopic (exact) mass is 238 g/mol. The van der Waals surface area contributed by atoms with Gasteiger partial charge in [0.05, 0.1) is 19.1 Å². The van der Waals surface area contributed by atoms with Gasteiger partial charge in [-0.1, -0.05) is 6.07 Å². The minimum Gasteiger partial charge on any atom is -0.469 e. The van der Waals surface area contributed by atoms with Gasteiger partial charge in [-0.25, -0.2) is 0 Å². The number of methoxy groups -OCH3 is 1. The van der Waals surface area contributed by atoms with Crippen molar-refractivity contribution < 1.29 is 24.1 Å². The second kappa shape index (κ2) is 4.63. The average molecular weight is 238 g/mol. The molecule has 17 heavy (non-hydrogen) atoms. The summed E-state index contributed by atoms with van der Waals surface area (Å²) in [5.41, 5.74) is 0.604. The minimum atomic E-state index is -0.919. The highest BCUT2D eigenvalue weighted by atomic mass is 16.7. The summed E-state index contributed by atoms with van der Waals surface area (Å²) < 4.78 is 15.0. The SMILES string of the molecule is COC(=O)[C@H](C)[C@@H](O)c1ccc2c(c1)OCO2. The second-order valence-corrected chi connectivity index (χ2v) is 3.87. The lowest BCUT2D eigenvalue weighted by Gasteiger charge is -2.17. The zero-order valence-corrected chi connectivity index (χ0v) is 9.67. The number of fused-ring (bicyclic) bond motifs is 1. The Bertz CT molecular complexity index is 429. The van der Waals surface area contributed by atoms with Crippen molar-refractivity contribution in [3.8, 4) is 11.5 Å². The van der Waals surface area contributed by atoms with E-state index in [1.165, 1.54) is 7.11 Å². The van der Waals surface area contributed by atoms with Gasteiger partial charge in [-0.3, -0.25) is 4.79 Å². The third-order valence-corrected chi connectivity index (χ3v) is 2.78. The number of esters is 1. The van der Waals surface area contributed by atoms with E-state index in [-0.39, 0.29) is 6.79 Å². The molecule has 1 aliphatic rings. The van der Waals surface area contributed by atoms with Gasteiger partial charge in [0.15, 0.2) is 11.5 Å². The van der Waals surface area contributed by atoms with Crippen LogP contribution in [-0.2, 0) is 9.53 Å². The quantitative estimate of drug-likeness (QED) is 0.803. The average Bonchev–Trinajstić information content (AvgIpc) is 2.83. The molecule has 2 atom stereocenters. The number of hydrogen-bond donors (Lipinski definition) is 1. The van der Waals surface area contributed by atoms with E-state index in [0.717, 1.165) is 0 Å². The van der Waals surface area contributed by atoms with Crippen LogP contribution in [0.5, 0.6) is 11.5 Å². The number of hydrogen-bond acceptors (Lipinski definition) is 5. The molecule has 0 aromatic heterocycles. The van der Waals surface area contributed by atoms with Crippen LogP contribution in [-0.4, -0.2) is 25.0 Å². The smallest absolute Gasteiger partial charge is 0.311 e. The van der Waals surface area contributed by atoms with E-state index in [1.54, 1.807) is 25.1 Å². The summed E-state index contributed by atoms with van der Waals surface area (Å²) >= 11 is 0. The maximum absolute atomic E-state index is 11.3. The highest BCUT2D eigenvalue weighted by Gasteiger charge is 2.25. The van der Waals surface area contributed by atoms with Gasteiger partial charge in [0.1, 0.15) is 0 Å². The van der Waals surface area contributed by atoms with Crippen LogP contribution in [0.4, 0.5) is 0 Å². The first kappa shape index (κ1) is 11.7. The van der Waals surface area contributed by atoms with Crippen LogP contribution in [0, 0.1) is 5.92 Å². The first-order valence-electron chi connectivity index (χ1n) is 5.29. The first-order chi connectivity index (χ1) is 8.13. The largest absolute Gasteiger partial charge is 0.469 e. The van der Waals surface area contributed by atoms with E-state index in [4.69, 9.17) is 9.47 Å². The normalized spacial score (nSPS) is 16.4. The third kappa shape index (κ3) is 2.19. The Hall–Kier alpha value is -1.75. The summed E-state index contributed by atoms with van der Waals surface area (Å²) in [6.07, 6.45) is -0.919. The highest BCUT2D eigenvalue weighted by molar-refractivity contribution is 5.72. The molecule has 2 rings (SSSR count). The zero-order chi connectivity index (χ0) is 12.4. The molecule has 92 valence electrons. The Morgan fingerprint density at radius 2 is 2.12 bits per heavy atom. The van der Waals surface area contributed by atoms with Crippen molar-refractivity contribution in [1.82, 2.24) is 0 Å². The molecule has 5 nitrogen and oxygen atoms in total. The molecular formula is C12H14O5. The minimum absolute atomic E-state index is 0.182. The molecule has 0 unspecified atom stereocenters. The molecule has 1 aliphatic heterocycles. The molecule has 1 aromatic carbocycles. The van der Waals surface area contributed by atoms with Gasteiger partial charge in [0, 0.05) is 0 Å². The zero-order valence-electron chi connectivity index (χ0n) is 9.67. The Kier molecular flexibility index (Phi) is 3.19. The van der Waals surface area contributed by atoms with Crippen LogP contribution in [0.3, 0.4) is 0 Å². The predicted molar refractivity (Wildman–Crippen MR) is 58.7 cm³/mol. The fourth-order valence-corrected chi connectivity index (χ4v) is 1.70. The standard InChI is InChI=1S/C12H14O5/c1-7(12(14)15-2)11(13)8-3-4-9-10(5-8)17-6-16-9/h3-5,7,11,13H,6H2,1-2H3/t7-,11-/m1/s1. The summed E-state index contributed by atoms with van der Waals surface area (Å²) in [4.78, 5) is 11.3. The number of carbonyl (C=O) groups excluding carboxylic acids is 1. The van der Waals surface area contributed by atoms with Crippen molar-refractivity contribution >= 4 is 5.97 Å². The summed E-state index contributed by atoms with van der Waals surface area (Å²) in [7, 11) is 1.30. The first-order valence-corrected chi connectivity index (χ1v) is 5.29. The molecule has 0 spiro atoms. The maximum Gasteiger partial charge on any atom is 0.311 e. The maximum atomic E-state index is 11.3. The molecule has 0 radical (unpaired) electrons. The van der Waals surface area contributed by atoms with Gasteiger partial charge in [0.25, 0.3) is 0 Å². The molecule has 1 heterocycles. The molecule has 0 fully saturated rings. The molecule has 1 aromatic rings. The van der Waals surface area contributed by atoms with Crippen molar-refractivity contribution in [2.45, 2.75) is 13.0 Å². The van der Waals surface area contributed by atoms with Crippen molar-refractivity contribution in [1.29, 1.82) is 0 Å². The number of ether oxygens (including phenoxy) is 3. The fraction of sp³-hybridized carbons (Fsp3) is 0.417. The van der Waals surface area contributed by atoms with Gasteiger partial charge in [-0.2, -0.15) is 0 Å². The Morgan fingerprint density at radius 3 is 2.82 bits per heavy atom.